The van der Waals surface area contributed by atoms with E-state index in [0.717, 1.165) is 0 Å². The fraction of sp³-hybridized carbons (Fsp3) is 0.677. The average Bonchev–Trinajstić information content (AvgIpc) is 3.52. The van der Waals surface area contributed by atoms with Crippen molar-refractivity contribution in [3.63, 3.8) is 0 Å². The van der Waals surface area contributed by atoms with Gasteiger partial charge in [-0.3, -0.25) is 43.9 Å². The Labute approximate surface area is 286 Å². The summed E-state index contributed by atoms with van der Waals surface area (Å²) in [6.07, 6.45) is 6.87. The summed E-state index contributed by atoms with van der Waals surface area (Å²) in [5.41, 5.74) is 10.6. The summed E-state index contributed by atoms with van der Waals surface area (Å²) in [5.74, 6) is -3.04. The van der Waals surface area contributed by atoms with Gasteiger partial charge in [-0.2, -0.15) is 0 Å². The Morgan fingerprint density at radius 3 is 2.16 bits per heavy atom. The molecule has 4 atom stereocenters. The minimum Gasteiger partial charge on any atom is -0.480 e. The van der Waals surface area contributed by atoms with Crippen LogP contribution in [0.2, 0.25) is 0 Å². The van der Waals surface area contributed by atoms with E-state index in [2.05, 4.69) is 42.8 Å². The van der Waals surface area contributed by atoms with Crippen LogP contribution in [0.1, 0.15) is 59.8 Å². The van der Waals surface area contributed by atoms with E-state index in [1.807, 2.05) is 13.8 Å². The fourth-order valence-electron chi connectivity index (χ4n) is 5.02. The second-order valence-electron chi connectivity index (χ2n) is 12.4. The van der Waals surface area contributed by atoms with Gasteiger partial charge in [0.05, 0.1) is 19.6 Å². The number of amides is 6. The van der Waals surface area contributed by atoms with Gasteiger partial charge in [-0.1, -0.05) is 33.6 Å². The van der Waals surface area contributed by atoms with Gasteiger partial charge in [-0.25, -0.2) is 0 Å². The molecule has 1 aliphatic rings. The van der Waals surface area contributed by atoms with E-state index in [0.29, 0.717) is 19.4 Å². The van der Waals surface area contributed by atoms with Crippen LogP contribution in [-0.2, 0) is 33.6 Å². The molecule has 11 N–H and O–H groups in total. The predicted molar refractivity (Wildman–Crippen MR) is 180 cm³/mol. The van der Waals surface area contributed by atoms with Crippen LogP contribution in [0.3, 0.4) is 0 Å². The smallest absolute Gasteiger partial charge is 0.322 e. The van der Waals surface area contributed by atoms with Crippen molar-refractivity contribution in [2.24, 2.45) is 28.3 Å². The second kappa shape index (κ2) is 21.9. The van der Waals surface area contributed by atoms with Gasteiger partial charge in [0.2, 0.25) is 35.4 Å². The van der Waals surface area contributed by atoms with Crippen molar-refractivity contribution in [3.8, 4) is 12.3 Å². The summed E-state index contributed by atoms with van der Waals surface area (Å²) < 4.78 is 0. The highest BCUT2D eigenvalue weighted by Gasteiger charge is 2.36. The van der Waals surface area contributed by atoms with Crippen LogP contribution in [0, 0.1) is 24.2 Å². The molecule has 6 amide bonds. The molecule has 18 nitrogen and oxygen atoms in total. The molecule has 0 aliphatic carbocycles. The molecular weight excluding hydrogens is 640 g/mol. The van der Waals surface area contributed by atoms with Crippen molar-refractivity contribution in [2.75, 3.05) is 39.3 Å². The minimum atomic E-state index is -1.27. The first-order valence-electron chi connectivity index (χ1n) is 16.2. The number of carbonyl (C=O) groups excluding carboxylic acids is 6. The number of hydrogen-bond donors (Lipinski definition) is 9. The van der Waals surface area contributed by atoms with Crippen LogP contribution in [-0.4, -0.2) is 121 Å². The Balaban J connectivity index is 2.88. The molecule has 0 bridgehead atoms. The highest BCUT2D eigenvalue weighted by Crippen LogP contribution is 2.18. The lowest BCUT2D eigenvalue weighted by Crippen LogP contribution is -2.57. The lowest BCUT2D eigenvalue weighted by molar-refractivity contribution is -0.139. The Hall–Kier alpha value is -4.92. The van der Waals surface area contributed by atoms with Crippen LogP contribution in [0.5, 0.6) is 0 Å². The van der Waals surface area contributed by atoms with E-state index in [1.165, 1.54) is 4.90 Å². The Morgan fingerprint density at radius 1 is 0.918 bits per heavy atom. The summed E-state index contributed by atoms with van der Waals surface area (Å²) in [7, 11) is 0. The Morgan fingerprint density at radius 2 is 1.57 bits per heavy atom. The minimum absolute atomic E-state index is 0.00622. The van der Waals surface area contributed by atoms with Gasteiger partial charge in [0, 0.05) is 13.1 Å². The van der Waals surface area contributed by atoms with Gasteiger partial charge < -0.3 is 48.1 Å². The number of hydrogen-bond acceptors (Lipinski definition) is 9. The van der Waals surface area contributed by atoms with E-state index in [9.17, 15) is 33.6 Å². The zero-order chi connectivity index (χ0) is 37.1. The zero-order valence-corrected chi connectivity index (χ0v) is 28.7. The molecule has 0 aromatic rings. The molecule has 0 aromatic heterocycles. The number of rotatable bonds is 21. The molecule has 0 spiro atoms. The first-order chi connectivity index (χ1) is 23.1. The topological polar surface area (TPSA) is 280 Å². The van der Waals surface area contributed by atoms with Crippen LogP contribution in [0.4, 0.5) is 0 Å². The Kier molecular flexibility index (Phi) is 18.8. The number of terminal acetylenes is 1. The normalized spacial score (nSPS) is 15.7. The molecule has 1 fully saturated rings. The third-order valence-electron chi connectivity index (χ3n) is 7.40. The summed E-state index contributed by atoms with van der Waals surface area (Å²) >= 11 is 0. The lowest BCUT2D eigenvalue weighted by Gasteiger charge is -2.27. The van der Waals surface area contributed by atoms with E-state index in [4.69, 9.17) is 23.0 Å². The Bertz CT molecular complexity index is 1250. The first kappa shape index (κ1) is 42.1. The van der Waals surface area contributed by atoms with E-state index >= 15 is 0 Å². The largest absolute Gasteiger partial charge is 0.480 e. The molecule has 1 heterocycles. The third kappa shape index (κ3) is 16.2. The van der Waals surface area contributed by atoms with Gasteiger partial charge in [0.25, 0.3) is 0 Å². The van der Waals surface area contributed by atoms with Crippen molar-refractivity contribution in [2.45, 2.75) is 84.0 Å². The maximum Gasteiger partial charge on any atom is 0.322 e. The lowest BCUT2D eigenvalue weighted by atomic mass is 10.0. The molecule has 1 rings (SSSR count). The molecule has 49 heavy (non-hydrogen) atoms. The van der Waals surface area contributed by atoms with Crippen molar-refractivity contribution in [1.82, 2.24) is 36.8 Å². The van der Waals surface area contributed by atoms with Crippen molar-refractivity contribution in [3.05, 3.63) is 0 Å². The van der Waals surface area contributed by atoms with Crippen LogP contribution >= 0.6 is 0 Å². The number of nitrogens with one attached hydrogen (secondary N) is 6. The first-order valence-corrected chi connectivity index (χ1v) is 16.2. The van der Waals surface area contributed by atoms with Crippen LogP contribution in [0.15, 0.2) is 4.99 Å². The van der Waals surface area contributed by atoms with Gasteiger partial charge in [0.1, 0.15) is 30.7 Å². The number of nitrogens with two attached hydrogens (primary N) is 2. The summed E-state index contributed by atoms with van der Waals surface area (Å²) in [4.78, 5) is 94.0. The van der Waals surface area contributed by atoms with E-state index in [-0.39, 0.29) is 56.7 Å². The highest BCUT2D eigenvalue weighted by atomic mass is 16.4. The second-order valence-corrected chi connectivity index (χ2v) is 12.4. The van der Waals surface area contributed by atoms with Gasteiger partial charge in [0.15, 0.2) is 5.96 Å². The predicted octanol–water partition coefficient (Wildman–Crippen LogP) is -3.27. The number of carboxylic acids is 1. The molecular formula is C31H52N10O8. The SMILES string of the molecule is C#CCNCC(=O)N1CCC[C@H]1C(=O)N[C@@H](CC(C)C)C(=O)NCC(=O)N[C@H](C(=O)N[C@@H](CCCN=C(N)N)C(=O)NCC(=O)O)C(C)C. The molecule has 0 radical (unpaired) electrons. The number of likely N-dealkylation sites (tertiary alicyclic amines) is 1. The molecule has 274 valence electrons. The summed E-state index contributed by atoms with van der Waals surface area (Å²) in [6, 6.07) is -4.02. The summed E-state index contributed by atoms with van der Waals surface area (Å²) in [6.45, 7) is 6.61. The number of carboxylic acid groups (broad SMARTS) is 1. The van der Waals surface area contributed by atoms with E-state index < -0.39 is 78.7 Å². The van der Waals surface area contributed by atoms with Crippen molar-refractivity contribution in [1.29, 1.82) is 0 Å². The quantitative estimate of drug-likeness (QED) is 0.0249. The maximum atomic E-state index is 13.2. The van der Waals surface area contributed by atoms with E-state index in [1.54, 1.807) is 13.8 Å². The zero-order valence-electron chi connectivity index (χ0n) is 28.7. The molecule has 0 unspecified atom stereocenters. The fourth-order valence-corrected chi connectivity index (χ4v) is 5.02. The number of carbonyl (C=O) groups is 7. The molecule has 0 saturated carbocycles. The number of nitrogens with zero attached hydrogens (tertiary/aromatic N) is 2. The average molecular weight is 693 g/mol. The molecule has 0 aromatic carbocycles. The van der Waals surface area contributed by atoms with Crippen molar-refractivity contribution < 1.29 is 38.7 Å². The number of aliphatic imine (C=N–C) groups is 1. The number of aliphatic carboxylic acids is 1. The van der Waals surface area contributed by atoms with Gasteiger partial charge in [-0.05, 0) is 43.9 Å². The van der Waals surface area contributed by atoms with Crippen molar-refractivity contribution >= 4 is 47.4 Å². The van der Waals surface area contributed by atoms with Gasteiger partial charge in [-0.15, -0.1) is 6.42 Å². The van der Waals surface area contributed by atoms with Crippen LogP contribution < -0.4 is 43.4 Å². The number of guanidine groups is 1. The highest BCUT2D eigenvalue weighted by molar-refractivity contribution is 5.96. The molecule has 1 aliphatic heterocycles. The standard InChI is InChI=1S/C31H52N10O8/c1-6-11-34-16-24(43)41-13-8-10-22(41)29(48)39-21(14-18(2)3)28(47)36-15-23(42)40-26(19(4)5)30(49)38-20(9-7-12-35-31(32)33)27(46)37-17-25(44)45/h1,18-22,26,34H,7-17H2,2-5H3,(H,36,47)(H,37,46)(H,38,49)(H,39,48)(H,40,42)(H,44,45)(H4,32,33,35)/t20-,21-,22-,26-/m0/s1. The summed E-state index contributed by atoms with van der Waals surface area (Å²) in [5, 5.41) is 24.3. The maximum absolute atomic E-state index is 13.2. The van der Waals surface area contributed by atoms with Gasteiger partial charge >= 0.3 is 5.97 Å². The molecule has 1 saturated heterocycles. The van der Waals surface area contributed by atoms with Crippen LogP contribution in [0.25, 0.3) is 0 Å². The third-order valence-corrected chi connectivity index (χ3v) is 7.40. The molecule has 18 heteroatoms. The monoisotopic (exact) mass is 692 g/mol.